The Morgan fingerprint density at radius 3 is 2.46 bits per heavy atom. The lowest BCUT2D eigenvalue weighted by atomic mass is 10.0. The Morgan fingerprint density at radius 2 is 1.83 bits per heavy atom. The third-order valence-corrected chi connectivity index (χ3v) is 4.63. The number of rotatable bonds is 3. The molecular weight excluding hydrogens is 298 g/mol. The summed E-state index contributed by atoms with van der Waals surface area (Å²) in [4.78, 5) is 14.7. The van der Waals surface area contributed by atoms with Crippen molar-refractivity contribution in [1.29, 1.82) is 5.26 Å². The van der Waals surface area contributed by atoms with Crippen molar-refractivity contribution in [3.63, 3.8) is 0 Å². The molecular formula is C20H21N3O. The molecule has 3 rings (SSSR count). The normalized spacial score (nSPS) is 16.3. The van der Waals surface area contributed by atoms with Gasteiger partial charge in [-0.05, 0) is 61.2 Å². The number of anilines is 2. The smallest absolute Gasteiger partial charge is 0.249 e. The number of aryl methyl sites for hydroxylation is 2. The molecule has 0 bridgehead atoms. The molecule has 2 aromatic rings. The van der Waals surface area contributed by atoms with Crippen molar-refractivity contribution in [3.8, 4) is 6.07 Å². The Morgan fingerprint density at radius 1 is 1.17 bits per heavy atom. The number of hydrogen-bond donors (Lipinski definition) is 1. The molecule has 0 radical (unpaired) electrons. The first-order valence-electron chi connectivity index (χ1n) is 8.21. The van der Waals surface area contributed by atoms with Crippen LogP contribution in [-0.4, -0.2) is 11.9 Å². The summed E-state index contributed by atoms with van der Waals surface area (Å²) in [5.74, 6) is 0.0950. The molecule has 1 aliphatic rings. The maximum Gasteiger partial charge on any atom is 0.249 e. The van der Waals surface area contributed by atoms with Gasteiger partial charge in [0.15, 0.2) is 0 Å². The summed E-state index contributed by atoms with van der Waals surface area (Å²) in [5, 5.41) is 12.3. The van der Waals surface area contributed by atoms with Crippen molar-refractivity contribution in [2.45, 2.75) is 39.8 Å². The third kappa shape index (κ3) is 2.85. The van der Waals surface area contributed by atoms with Gasteiger partial charge >= 0.3 is 0 Å². The quantitative estimate of drug-likeness (QED) is 0.933. The zero-order valence-electron chi connectivity index (χ0n) is 14.3. The van der Waals surface area contributed by atoms with Crippen LogP contribution in [0.5, 0.6) is 0 Å². The molecule has 4 nitrogen and oxygen atoms in total. The maximum atomic E-state index is 12.9. The van der Waals surface area contributed by atoms with Crippen LogP contribution in [0.2, 0.25) is 0 Å². The maximum absolute atomic E-state index is 12.9. The average molecular weight is 319 g/mol. The van der Waals surface area contributed by atoms with Gasteiger partial charge in [0, 0.05) is 0 Å². The van der Waals surface area contributed by atoms with Crippen molar-refractivity contribution < 1.29 is 4.79 Å². The zero-order chi connectivity index (χ0) is 17.3. The van der Waals surface area contributed by atoms with Crippen LogP contribution in [0.25, 0.3) is 0 Å². The molecule has 122 valence electrons. The van der Waals surface area contributed by atoms with Crippen LogP contribution in [-0.2, 0) is 11.3 Å². The Balaban J connectivity index is 2.00. The van der Waals surface area contributed by atoms with Crippen molar-refractivity contribution in [3.05, 3.63) is 58.7 Å². The summed E-state index contributed by atoms with van der Waals surface area (Å²) in [7, 11) is 0. The van der Waals surface area contributed by atoms with Gasteiger partial charge in [-0.3, -0.25) is 4.79 Å². The topological polar surface area (TPSA) is 56.1 Å². The molecule has 0 aliphatic carbocycles. The molecule has 4 heteroatoms. The fourth-order valence-electron chi connectivity index (χ4n) is 3.00. The van der Waals surface area contributed by atoms with Gasteiger partial charge < -0.3 is 10.2 Å². The van der Waals surface area contributed by atoms with Crippen molar-refractivity contribution in [1.82, 2.24) is 0 Å². The van der Waals surface area contributed by atoms with Crippen molar-refractivity contribution in [2.75, 3.05) is 10.2 Å². The van der Waals surface area contributed by atoms with E-state index in [0.29, 0.717) is 12.1 Å². The average Bonchev–Trinajstić information content (AvgIpc) is 2.59. The SMILES string of the molecule is CCC1Nc2cc(C)c(C)cc2N(Cc2ccc(C#N)cc2)C1=O. The number of nitrogens with zero attached hydrogens (tertiary/aromatic N) is 2. The summed E-state index contributed by atoms with van der Waals surface area (Å²) >= 11 is 0. The number of nitrogens with one attached hydrogen (secondary N) is 1. The van der Waals surface area contributed by atoms with E-state index in [9.17, 15) is 4.79 Å². The second-order valence-corrected chi connectivity index (χ2v) is 6.29. The first-order chi connectivity index (χ1) is 11.5. The molecule has 1 aliphatic heterocycles. The summed E-state index contributed by atoms with van der Waals surface area (Å²) in [6.45, 7) is 6.67. The molecule has 1 atom stereocenters. The van der Waals surface area contributed by atoms with E-state index in [-0.39, 0.29) is 11.9 Å². The molecule has 0 spiro atoms. The van der Waals surface area contributed by atoms with Crippen LogP contribution in [0.15, 0.2) is 36.4 Å². The van der Waals surface area contributed by atoms with Crippen LogP contribution in [0.3, 0.4) is 0 Å². The van der Waals surface area contributed by atoms with E-state index >= 15 is 0 Å². The van der Waals surface area contributed by atoms with Gasteiger partial charge in [0.2, 0.25) is 5.91 Å². The predicted octanol–water partition coefficient (Wildman–Crippen LogP) is 3.91. The zero-order valence-corrected chi connectivity index (χ0v) is 14.3. The Labute approximate surface area is 142 Å². The molecule has 24 heavy (non-hydrogen) atoms. The Hall–Kier alpha value is -2.80. The van der Waals surface area contributed by atoms with Crippen LogP contribution >= 0.6 is 0 Å². The summed E-state index contributed by atoms with van der Waals surface area (Å²) in [6, 6.07) is 13.5. The number of benzene rings is 2. The molecule has 0 aromatic heterocycles. The fraction of sp³-hybridized carbons (Fsp3) is 0.300. The van der Waals surface area contributed by atoms with Crippen LogP contribution < -0.4 is 10.2 Å². The number of amides is 1. The van der Waals surface area contributed by atoms with Gasteiger partial charge in [0.05, 0.1) is 29.6 Å². The van der Waals surface area contributed by atoms with E-state index < -0.39 is 0 Å². The van der Waals surface area contributed by atoms with E-state index in [2.05, 4.69) is 37.4 Å². The van der Waals surface area contributed by atoms with Gasteiger partial charge in [-0.15, -0.1) is 0 Å². The highest BCUT2D eigenvalue weighted by Gasteiger charge is 2.31. The van der Waals surface area contributed by atoms with Gasteiger partial charge in [0.1, 0.15) is 6.04 Å². The minimum atomic E-state index is -0.196. The standard InChI is InChI=1S/C20H21N3O/c1-4-17-20(24)23(12-16-7-5-15(11-21)6-8-16)19-10-14(3)13(2)9-18(19)22-17/h5-10,17,22H,4,12H2,1-3H3. The third-order valence-electron chi connectivity index (χ3n) is 4.63. The Bertz CT molecular complexity index is 818. The Kier molecular flexibility index (Phi) is 4.26. The number of hydrogen-bond acceptors (Lipinski definition) is 3. The van der Waals surface area contributed by atoms with E-state index in [1.807, 2.05) is 24.0 Å². The second kappa shape index (κ2) is 6.37. The molecule has 1 unspecified atom stereocenters. The van der Waals surface area contributed by atoms with E-state index in [1.54, 1.807) is 12.1 Å². The summed E-state index contributed by atoms with van der Waals surface area (Å²) in [6.07, 6.45) is 0.745. The molecule has 0 saturated heterocycles. The molecule has 1 amide bonds. The van der Waals surface area contributed by atoms with Gasteiger partial charge in [-0.25, -0.2) is 0 Å². The summed E-state index contributed by atoms with van der Waals surface area (Å²) < 4.78 is 0. The predicted molar refractivity (Wildman–Crippen MR) is 96.0 cm³/mol. The first-order valence-corrected chi connectivity index (χ1v) is 8.21. The largest absolute Gasteiger partial charge is 0.372 e. The van der Waals surface area contributed by atoms with Crippen LogP contribution in [0.4, 0.5) is 11.4 Å². The minimum Gasteiger partial charge on any atom is -0.372 e. The lowest BCUT2D eigenvalue weighted by Crippen LogP contribution is -2.46. The van der Waals surface area contributed by atoms with Gasteiger partial charge in [-0.1, -0.05) is 19.1 Å². The lowest BCUT2D eigenvalue weighted by Gasteiger charge is -2.35. The van der Waals surface area contributed by atoms with Gasteiger partial charge in [-0.2, -0.15) is 5.26 Å². The fourth-order valence-corrected chi connectivity index (χ4v) is 3.00. The highest BCUT2D eigenvalue weighted by molar-refractivity contribution is 6.05. The van der Waals surface area contributed by atoms with Crippen LogP contribution in [0, 0.1) is 25.2 Å². The highest BCUT2D eigenvalue weighted by Crippen LogP contribution is 2.35. The van der Waals surface area contributed by atoms with Gasteiger partial charge in [0.25, 0.3) is 0 Å². The number of carbonyl (C=O) groups is 1. The van der Waals surface area contributed by atoms with Crippen molar-refractivity contribution >= 4 is 17.3 Å². The molecule has 1 N–H and O–H groups in total. The molecule has 2 aromatic carbocycles. The van der Waals surface area contributed by atoms with E-state index in [4.69, 9.17) is 5.26 Å². The van der Waals surface area contributed by atoms with Crippen molar-refractivity contribution in [2.24, 2.45) is 0 Å². The van der Waals surface area contributed by atoms with Crippen LogP contribution in [0.1, 0.15) is 35.6 Å². The second-order valence-electron chi connectivity index (χ2n) is 6.29. The number of fused-ring (bicyclic) bond motifs is 1. The minimum absolute atomic E-state index is 0.0950. The summed E-state index contributed by atoms with van der Waals surface area (Å²) in [5.41, 5.74) is 5.97. The number of carbonyl (C=O) groups excluding carboxylic acids is 1. The highest BCUT2D eigenvalue weighted by atomic mass is 16.2. The lowest BCUT2D eigenvalue weighted by molar-refractivity contribution is -0.119. The van der Waals surface area contributed by atoms with E-state index in [0.717, 1.165) is 23.4 Å². The first kappa shape index (κ1) is 16.1. The monoisotopic (exact) mass is 319 g/mol. The molecule has 1 heterocycles. The molecule has 0 fully saturated rings. The molecule has 0 saturated carbocycles. The van der Waals surface area contributed by atoms with E-state index in [1.165, 1.54) is 11.1 Å². The number of nitriles is 1.